The Hall–Kier alpha value is -0.800. The van der Waals surface area contributed by atoms with Crippen LogP contribution < -0.4 is 0 Å². The molecule has 1 aliphatic heterocycles. The summed E-state index contributed by atoms with van der Waals surface area (Å²) in [6.45, 7) is 5.05. The molecule has 18 heavy (non-hydrogen) atoms. The van der Waals surface area contributed by atoms with Crippen molar-refractivity contribution in [1.29, 1.82) is 0 Å². The van der Waals surface area contributed by atoms with E-state index in [1.165, 1.54) is 30.2 Å². The molecule has 2 rings (SSSR count). The third-order valence-electron chi connectivity index (χ3n) is 3.48. The predicted octanol–water partition coefficient (Wildman–Crippen LogP) is 3.18. The molecule has 0 unspecified atom stereocenters. The van der Waals surface area contributed by atoms with E-state index in [2.05, 4.69) is 35.2 Å². The molecular formula is C15H21NOS. The zero-order valence-electron chi connectivity index (χ0n) is 11.0. The van der Waals surface area contributed by atoms with Crippen LogP contribution in [0.2, 0.25) is 0 Å². The van der Waals surface area contributed by atoms with Gasteiger partial charge in [0.05, 0.1) is 0 Å². The third kappa shape index (κ3) is 4.46. The first-order chi connectivity index (χ1) is 8.74. The van der Waals surface area contributed by atoms with Crippen LogP contribution in [0.4, 0.5) is 0 Å². The normalized spacial score (nSPS) is 17.8. The summed E-state index contributed by atoms with van der Waals surface area (Å²) in [5, 5.41) is 0.252. The minimum Gasteiger partial charge on any atom is -0.299 e. The SMILES string of the molecule is CC(=O)SCC1CCN(Cc2ccccc2)CC1. The van der Waals surface area contributed by atoms with Gasteiger partial charge in [-0.25, -0.2) is 0 Å². The van der Waals surface area contributed by atoms with Crippen molar-refractivity contribution in [3.63, 3.8) is 0 Å². The van der Waals surface area contributed by atoms with E-state index in [0.717, 1.165) is 31.3 Å². The molecule has 0 bridgehead atoms. The summed E-state index contributed by atoms with van der Waals surface area (Å²) in [6, 6.07) is 10.7. The topological polar surface area (TPSA) is 20.3 Å². The number of nitrogens with zero attached hydrogens (tertiary/aromatic N) is 1. The van der Waals surface area contributed by atoms with Crippen LogP contribution in [0.5, 0.6) is 0 Å². The molecule has 1 aromatic rings. The average Bonchev–Trinajstić information content (AvgIpc) is 2.39. The van der Waals surface area contributed by atoms with Crippen molar-refractivity contribution in [3.05, 3.63) is 35.9 Å². The molecule has 0 radical (unpaired) electrons. The molecule has 0 aromatic heterocycles. The predicted molar refractivity (Wildman–Crippen MR) is 77.6 cm³/mol. The molecule has 1 saturated heterocycles. The Morgan fingerprint density at radius 1 is 1.28 bits per heavy atom. The summed E-state index contributed by atoms with van der Waals surface area (Å²) in [5.74, 6) is 1.74. The maximum atomic E-state index is 10.9. The van der Waals surface area contributed by atoms with Crippen LogP contribution in [0, 0.1) is 5.92 Å². The highest BCUT2D eigenvalue weighted by molar-refractivity contribution is 8.13. The molecule has 0 atom stereocenters. The molecule has 0 spiro atoms. The molecule has 0 amide bonds. The van der Waals surface area contributed by atoms with E-state index in [0.29, 0.717) is 0 Å². The summed E-state index contributed by atoms with van der Waals surface area (Å²) in [6.07, 6.45) is 2.46. The minimum atomic E-state index is 0.252. The van der Waals surface area contributed by atoms with Crippen LogP contribution in [0.15, 0.2) is 30.3 Å². The fourth-order valence-electron chi connectivity index (χ4n) is 2.39. The zero-order chi connectivity index (χ0) is 12.8. The number of piperidine rings is 1. The Morgan fingerprint density at radius 2 is 1.94 bits per heavy atom. The zero-order valence-corrected chi connectivity index (χ0v) is 11.8. The quantitative estimate of drug-likeness (QED) is 0.832. The number of benzene rings is 1. The van der Waals surface area contributed by atoms with Crippen molar-refractivity contribution in [2.75, 3.05) is 18.8 Å². The van der Waals surface area contributed by atoms with Gasteiger partial charge in [-0.05, 0) is 37.4 Å². The second kappa shape index (κ2) is 6.95. The number of hydrogen-bond acceptors (Lipinski definition) is 3. The first-order valence-corrected chi connectivity index (χ1v) is 7.62. The summed E-state index contributed by atoms with van der Waals surface area (Å²) < 4.78 is 0. The van der Waals surface area contributed by atoms with E-state index in [-0.39, 0.29) is 5.12 Å². The van der Waals surface area contributed by atoms with Gasteiger partial charge in [0.2, 0.25) is 0 Å². The van der Waals surface area contributed by atoms with E-state index in [1.807, 2.05) is 0 Å². The monoisotopic (exact) mass is 263 g/mol. The van der Waals surface area contributed by atoms with Crippen molar-refractivity contribution in [1.82, 2.24) is 4.90 Å². The fraction of sp³-hybridized carbons (Fsp3) is 0.533. The van der Waals surface area contributed by atoms with Gasteiger partial charge >= 0.3 is 0 Å². The second-order valence-corrected chi connectivity index (χ2v) is 6.20. The number of hydrogen-bond donors (Lipinski definition) is 0. The molecule has 0 N–H and O–H groups in total. The Bertz CT molecular complexity index is 371. The van der Waals surface area contributed by atoms with Crippen LogP contribution in [-0.2, 0) is 11.3 Å². The molecule has 2 nitrogen and oxygen atoms in total. The van der Waals surface area contributed by atoms with Gasteiger partial charge in [-0.3, -0.25) is 9.69 Å². The minimum absolute atomic E-state index is 0.252. The number of thioether (sulfide) groups is 1. The summed E-state index contributed by atoms with van der Waals surface area (Å²) in [5.41, 5.74) is 1.40. The van der Waals surface area contributed by atoms with E-state index >= 15 is 0 Å². The van der Waals surface area contributed by atoms with Gasteiger partial charge in [-0.2, -0.15) is 0 Å². The van der Waals surface area contributed by atoms with Crippen molar-refractivity contribution < 1.29 is 4.79 Å². The standard InChI is InChI=1S/C15H21NOS/c1-13(17)18-12-15-7-9-16(10-8-15)11-14-5-3-2-4-6-14/h2-6,15H,7-12H2,1H3. The lowest BCUT2D eigenvalue weighted by Gasteiger charge is -2.31. The van der Waals surface area contributed by atoms with Crippen LogP contribution in [-0.4, -0.2) is 28.9 Å². The van der Waals surface area contributed by atoms with Gasteiger partial charge < -0.3 is 0 Å². The Balaban J connectivity index is 1.72. The number of rotatable bonds is 4. The van der Waals surface area contributed by atoms with Gasteiger partial charge in [0.15, 0.2) is 5.12 Å². The van der Waals surface area contributed by atoms with E-state index in [9.17, 15) is 4.79 Å². The van der Waals surface area contributed by atoms with Crippen molar-refractivity contribution >= 4 is 16.9 Å². The van der Waals surface area contributed by atoms with Crippen LogP contribution in [0.25, 0.3) is 0 Å². The molecule has 0 aliphatic carbocycles. The van der Waals surface area contributed by atoms with E-state index < -0.39 is 0 Å². The van der Waals surface area contributed by atoms with Crippen LogP contribution in [0.1, 0.15) is 25.3 Å². The van der Waals surface area contributed by atoms with Gasteiger partial charge in [0.25, 0.3) is 0 Å². The van der Waals surface area contributed by atoms with Gasteiger partial charge in [0.1, 0.15) is 0 Å². The fourth-order valence-corrected chi connectivity index (χ4v) is 3.19. The maximum Gasteiger partial charge on any atom is 0.185 e. The van der Waals surface area contributed by atoms with Gasteiger partial charge in [0, 0.05) is 19.2 Å². The molecule has 1 heterocycles. The van der Waals surface area contributed by atoms with Crippen molar-refractivity contribution in [2.45, 2.75) is 26.3 Å². The number of carbonyl (C=O) groups is 1. The van der Waals surface area contributed by atoms with Crippen molar-refractivity contribution in [2.24, 2.45) is 5.92 Å². The number of carbonyl (C=O) groups excluding carboxylic acids is 1. The molecule has 1 aromatic carbocycles. The Kier molecular flexibility index (Phi) is 5.26. The number of likely N-dealkylation sites (tertiary alicyclic amines) is 1. The maximum absolute atomic E-state index is 10.9. The Morgan fingerprint density at radius 3 is 2.56 bits per heavy atom. The molecule has 0 saturated carbocycles. The van der Waals surface area contributed by atoms with Crippen molar-refractivity contribution in [3.8, 4) is 0 Å². The lowest BCUT2D eigenvalue weighted by atomic mass is 9.98. The summed E-state index contributed by atoms with van der Waals surface area (Å²) in [7, 11) is 0. The van der Waals surface area contributed by atoms with Crippen LogP contribution in [0.3, 0.4) is 0 Å². The molecule has 3 heteroatoms. The lowest BCUT2D eigenvalue weighted by molar-refractivity contribution is -0.109. The average molecular weight is 263 g/mol. The highest BCUT2D eigenvalue weighted by atomic mass is 32.2. The summed E-state index contributed by atoms with van der Waals surface area (Å²) in [4.78, 5) is 13.5. The van der Waals surface area contributed by atoms with Gasteiger partial charge in [-0.15, -0.1) is 0 Å². The molecule has 98 valence electrons. The van der Waals surface area contributed by atoms with Gasteiger partial charge in [-0.1, -0.05) is 42.1 Å². The smallest absolute Gasteiger partial charge is 0.185 e. The first kappa shape index (κ1) is 13.6. The highest BCUT2D eigenvalue weighted by Gasteiger charge is 2.19. The first-order valence-electron chi connectivity index (χ1n) is 6.63. The molecule has 1 aliphatic rings. The third-order valence-corrected chi connectivity index (χ3v) is 4.52. The second-order valence-electron chi connectivity index (χ2n) is 5.01. The largest absolute Gasteiger partial charge is 0.299 e. The lowest BCUT2D eigenvalue weighted by Crippen LogP contribution is -2.34. The van der Waals surface area contributed by atoms with Crippen LogP contribution >= 0.6 is 11.8 Å². The molecular weight excluding hydrogens is 242 g/mol. The summed E-state index contributed by atoms with van der Waals surface area (Å²) >= 11 is 1.49. The van der Waals surface area contributed by atoms with E-state index in [1.54, 1.807) is 6.92 Å². The Labute approximate surface area is 114 Å². The highest BCUT2D eigenvalue weighted by Crippen LogP contribution is 2.22. The molecule has 1 fully saturated rings. The van der Waals surface area contributed by atoms with E-state index in [4.69, 9.17) is 0 Å².